The zero-order valence-corrected chi connectivity index (χ0v) is 10.9. The summed E-state index contributed by atoms with van der Waals surface area (Å²) in [7, 11) is 2.06. The fourth-order valence-electron chi connectivity index (χ4n) is 2.47. The van der Waals surface area contributed by atoms with Crippen LogP contribution in [-0.2, 0) is 0 Å². The van der Waals surface area contributed by atoms with Gasteiger partial charge in [-0.15, -0.1) is 0 Å². The van der Waals surface area contributed by atoms with E-state index in [0.717, 1.165) is 24.7 Å². The summed E-state index contributed by atoms with van der Waals surface area (Å²) in [6, 6.07) is 9.04. The summed E-state index contributed by atoms with van der Waals surface area (Å²) < 4.78 is 5.69. The molecule has 1 fully saturated rings. The first kappa shape index (κ1) is 12.4. The fourth-order valence-corrected chi connectivity index (χ4v) is 2.47. The number of rotatable bonds is 6. The fraction of sp³-hybridized carbons (Fsp3) is 0.600. The molecule has 17 heavy (non-hydrogen) atoms. The summed E-state index contributed by atoms with van der Waals surface area (Å²) in [6.07, 6.45) is 5.15. The van der Waals surface area contributed by atoms with E-state index in [0.29, 0.717) is 6.04 Å². The number of hydrogen-bond acceptors (Lipinski definition) is 2. The van der Waals surface area contributed by atoms with Gasteiger partial charge in [0.15, 0.2) is 0 Å². The van der Waals surface area contributed by atoms with Gasteiger partial charge in [-0.3, -0.25) is 0 Å². The third-order valence-electron chi connectivity index (χ3n) is 3.62. The number of hydrogen-bond donors (Lipinski definition) is 1. The van der Waals surface area contributed by atoms with Crippen LogP contribution in [0.3, 0.4) is 0 Å². The van der Waals surface area contributed by atoms with Crippen LogP contribution < -0.4 is 10.1 Å². The van der Waals surface area contributed by atoms with Crippen LogP contribution in [-0.4, -0.2) is 13.7 Å². The predicted molar refractivity (Wildman–Crippen MR) is 71.4 cm³/mol. The summed E-state index contributed by atoms with van der Waals surface area (Å²) in [5.41, 5.74) is 1.37. The van der Waals surface area contributed by atoms with Gasteiger partial charge in [0.05, 0.1) is 6.61 Å². The van der Waals surface area contributed by atoms with Crippen LogP contribution in [0.25, 0.3) is 0 Å². The maximum absolute atomic E-state index is 5.69. The van der Waals surface area contributed by atoms with Crippen molar-refractivity contribution in [2.45, 2.75) is 38.6 Å². The van der Waals surface area contributed by atoms with Crippen molar-refractivity contribution in [2.24, 2.45) is 5.92 Å². The zero-order chi connectivity index (χ0) is 12.1. The minimum Gasteiger partial charge on any atom is -0.494 e. The second-order valence-electron chi connectivity index (χ2n) is 4.88. The summed E-state index contributed by atoms with van der Waals surface area (Å²) >= 11 is 0. The molecule has 1 aromatic carbocycles. The number of benzene rings is 1. The predicted octanol–water partition coefficient (Wildman–Crippen LogP) is 3.54. The standard InChI is InChI=1S/C15H23NO/c1-3-10-17-14-9-5-8-13(11-14)15(16-2)12-6-4-7-12/h5,8-9,11-12,15-16H,3-4,6-7,10H2,1-2H3. The molecule has 0 heterocycles. The van der Waals surface area contributed by atoms with Gasteiger partial charge in [0.25, 0.3) is 0 Å². The molecule has 2 nitrogen and oxygen atoms in total. The molecular weight excluding hydrogens is 210 g/mol. The van der Waals surface area contributed by atoms with Gasteiger partial charge in [-0.05, 0) is 49.9 Å². The van der Waals surface area contributed by atoms with Crippen molar-refractivity contribution in [3.63, 3.8) is 0 Å². The van der Waals surface area contributed by atoms with Crippen molar-refractivity contribution >= 4 is 0 Å². The molecule has 1 atom stereocenters. The lowest BCUT2D eigenvalue weighted by Crippen LogP contribution is -2.29. The molecule has 1 unspecified atom stereocenters. The first-order chi connectivity index (χ1) is 8.35. The molecular formula is C15H23NO. The molecule has 0 aromatic heterocycles. The first-order valence-electron chi connectivity index (χ1n) is 6.75. The van der Waals surface area contributed by atoms with E-state index in [9.17, 15) is 0 Å². The molecule has 1 aliphatic carbocycles. The Hall–Kier alpha value is -1.02. The highest BCUT2D eigenvalue weighted by Crippen LogP contribution is 2.38. The molecule has 1 aromatic rings. The smallest absolute Gasteiger partial charge is 0.119 e. The van der Waals surface area contributed by atoms with Crippen molar-refractivity contribution in [2.75, 3.05) is 13.7 Å². The molecule has 0 saturated heterocycles. The third-order valence-corrected chi connectivity index (χ3v) is 3.62. The van der Waals surface area contributed by atoms with E-state index in [1.165, 1.54) is 24.8 Å². The molecule has 0 aliphatic heterocycles. The highest BCUT2D eigenvalue weighted by Gasteiger charge is 2.27. The molecule has 1 saturated carbocycles. The van der Waals surface area contributed by atoms with E-state index in [-0.39, 0.29) is 0 Å². The van der Waals surface area contributed by atoms with Gasteiger partial charge < -0.3 is 10.1 Å². The van der Waals surface area contributed by atoms with Crippen molar-refractivity contribution in [3.05, 3.63) is 29.8 Å². The van der Waals surface area contributed by atoms with Crippen LogP contribution in [0.5, 0.6) is 5.75 Å². The average molecular weight is 233 g/mol. The minimum atomic E-state index is 0.494. The Morgan fingerprint density at radius 3 is 2.82 bits per heavy atom. The van der Waals surface area contributed by atoms with Crippen molar-refractivity contribution in [1.29, 1.82) is 0 Å². The van der Waals surface area contributed by atoms with Crippen LogP contribution in [0.15, 0.2) is 24.3 Å². The van der Waals surface area contributed by atoms with Crippen LogP contribution >= 0.6 is 0 Å². The van der Waals surface area contributed by atoms with Gasteiger partial charge in [-0.2, -0.15) is 0 Å². The van der Waals surface area contributed by atoms with Crippen molar-refractivity contribution in [1.82, 2.24) is 5.32 Å². The normalized spacial score (nSPS) is 17.5. The maximum Gasteiger partial charge on any atom is 0.119 e. The Labute approximate surface area is 104 Å². The van der Waals surface area contributed by atoms with Gasteiger partial charge in [-0.1, -0.05) is 25.5 Å². The Morgan fingerprint density at radius 1 is 1.41 bits per heavy atom. The lowest BCUT2D eigenvalue weighted by atomic mass is 9.77. The Balaban J connectivity index is 2.07. The van der Waals surface area contributed by atoms with E-state index in [1.54, 1.807) is 0 Å². The maximum atomic E-state index is 5.69. The molecule has 2 rings (SSSR count). The molecule has 1 aliphatic rings. The summed E-state index contributed by atoms with van der Waals surface area (Å²) in [6.45, 7) is 2.94. The minimum absolute atomic E-state index is 0.494. The van der Waals surface area contributed by atoms with Gasteiger partial charge in [0.2, 0.25) is 0 Å². The molecule has 0 spiro atoms. The van der Waals surface area contributed by atoms with Crippen LogP contribution in [0, 0.1) is 5.92 Å². The Bertz CT molecular complexity index is 347. The Morgan fingerprint density at radius 2 is 2.24 bits per heavy atom. The molecule has 1 N–H and O–H groups in total. The lowest BCUT2D eigenvalue weighted by molar-refractivity contribution is 0.238. The van der Waals surface area contributed by atoms with Crippen LogP contribution in [0.1, 0.15) is 44.2 Å². The van der Waals surface area contributed by atoms with E-state index < -0.39 is 0 Å². The topological polar surface area (TPSA) is 21.3 Å². The van der Waals surface area contributed by atoms with Crippen molar-refractivity contribution in [3.8, 4) is 5.75 Å². The van der Waals surface area contributed by atoms with Gasteiger partial charge in [-0.25, -0.2) is 0 Å². The second-order valence-corrected chi connectivity index (χ2v) is 4.88. The van der Waals surface area contributed by atoms with Crippen molar-refractivity contribution < 1.29 is 4.74 Å². The van der Waals surface area contributed by atoms with Crippen LogP contribution in [0.2, 0.25) is 0 Å². The summed E-state index contributed by atoms with van der Waals surface area (Å²) in [4.78, 5) is 0. The lowest BCUT2D eigenvalue weighted by Gasteiger charge is -2.34. The molecule has 0 bridgehead atoms. The quantitative estimate of drug-likeness (QED) is 0.811. The van der Waals surface area contributed by atoms with Crippen LogP contribution in [0.4, 0.5) is 0 Å². The Kier molecular flexibility index (Phi) is 4.43. The third kappa shape index (κ3) is 3.01. The van der Waals surface area contributed by atoms with Gasteiger partial charge in [0, 0.05) is 6.04 Å². The highest BCUT2D eigenvalue weighted by atomic mass is 16.5. The monoisotopic (exact) mass is 233 g/mol. The first-order valence-corrected chi connectivity index (χ1v) is 6.75. The summed E-state index contributed by atoms with van der Waals surface area (Å²) in [5.74, 6) is 1.81. The molecule has 94 valence electrons. The van der Waals surface area contributed by atoms with E-state index in [4.69, 9.17) is 4.74 Å². The summed E-state index contributed by atoms with van der Waals surface area (Å²) in [5, 5.41) is 3.45. The number of nitrogens with one attached hydrogen (secondary N) is 1. The molecule has 2 heteroatoms. The SMILES string of the molecule is CCCOc1cccc(C(NC)C2CCC2)c1. The van der Waals surface area contributed by atoms with Gasteiger partial charge in [0.1, 0.15) is 5.75 Å². The van der Waals surface area contributed by atoms with Gasteiger partial charge >= 0.3 is 0 Å². The van der Waals surface area contributed by atoms with E-state index in [1.807, 2.05) is 6.07 Å². The van der Waals surface area contributed by atoms with E-state index >= 15 is 0 Å². The molecule has 0 radical (unpaired) electrons. The highest BCUT2D eigenvalue weighted by molar-refractivity contribution is 5.31. The number of ether oxygens (including phenoxy) is 1. The molecule has 0 amide bonds. The second kappa shape index (κ2) is 6.06. The average Bonchev–Trinajstić information content (AvgIpc) is 2.31. The zero-order valence-electron chi connectivity index (χ0n) is 10.9. The largest absolute Gasteiger partial charge is 0.494 e. The van der Waals surface area contributed by atoms with E-state index in [2.05, 4.69) is 37.5 Å².